The van der Waals surface area contributed by atoms with Gasteiger partial charge in [-0.1, -0.05) is 24.3 Å². The fourth-order valence-corrected chi connectivity index (χ4v) is 1.37. The molecule has 2 aromatic rings. The third kappa shape index (κ3) is 3.25. The smallest absolute Gasteiger partial charge is 0.497 e. The van der Waals surface area contributed by atoms with Crippen LogP contribution in [0.25, 0.3) is 0 Å². The molecule has 0 atom stereocenters. The van der Waals surface area contributed by atoms with Crippen molar-refractivity contribution in [1.82, 2.24) is 0 Å². The van der Waals surface area contributed by atoms with Gasteiger partial charge in [0, 0.05) is 6.07 Å². The first-order valence-electron chi connectivity index (χ1n) is 5.37. The summed E-state index contributed by atoms with van der Waals surface area (Å²) in [6, 6.07) is 15.5. The van der Waals surface area contributed by atoms with Crippen molar-refractivity contribution in [2.75, 3.05) is 7.11 Å². The van der Waals surface area contributed by atoms with Gasteiger partial charge in [-0.2, -0.15) is 0 Å². The van der Waals surface area contributed by atoms with E-state index in [1.54, 1.807) is 55.6 Å². The first-order valence-corrected chi connectivity index (χ1v) is 5.37. The number of hydrogen-bond donors (Lipinski definition) is 0. The Balaban J connectivity index is 1.99. The largest absolute Gasteiger partial charge is 0.519 e. The summed E-state index contributed by atoms with van der Waals surface area (Å²) in [5.41, 5.74) is 0. The van der Waals surface area contributed by atoms with E-state index in [1.807, 2.05) is 6.07 Å². The van der Waals surface area contributed by atoms with Crippen LogP contribution in [0.2, 0.25) is 0 Å². The second kappa shape index (κ2) is 5.72. The molecule has 2 rings (SSSR count). The Hall–Kier alpha value is -2.49. The van der Waals surface area contributed by atoms with Gasteiger partial charge in [-0.3, -0.25) is 0 Å². The van der Waals surface area contributed by atoms with Crippen LogP contribution in [0.4, 0.5) is 4.79 Å². The Kier molecular flexibility index (Phi) is 3.81. The summed E-state index contributed by atoms with van der Waals surface area (Å²) in [5.74, 6) is 1.42. The van der Waals surface area contributed by atoms with Crippen LogP contribution in [-0.4, -0.2) is 13.3 Å². The second-order valence-electron chi connectivity index (χ2n) is 3.45. The molecule has 0 amide bonds. The Labute approximate surface area is 105 Å². The number of ether oxygens (including phenoxy) is 3. The summed E-state index contributed by atoms with van der Waals surface area (Å²) in [6.07, 6.45) is -0.783. The highest BCUT2D eigenvalue weighted by atomic mass is 16.7. The summed E-state index contributed by atoms with van der Waals surface area (Å²) in [7, 11) is 1.54. The van der Waals surface area contributed by atoms with Crippen LogP contribution < -0.4 is 14.2 Å². The van der Waals surface area contributed by atoms with Crippen molar-refractivity contribution in [1.29, 1.82) is 0 Å². The normalized spacial score (nSPS) is 9.61. The Morgan fingerprint density at radius 3 is 2.17 bits per heavy atom. The van der Waals surface area contributed by atoms with E-state index in [4.69, 9.17) is 14.2 Å². The molecule has 0 saturated heterocycles. The molecule has 0 saturated carbocycles. The highest BCUT2D eigenvalue weighted by Crippen LogP contribution is 2.19. The highest BCUT2D eigenvalue weighted by Gasteiger charge is 2.07. The van der Waals surface area contributed by atoms with E-state index < -0.39 is 6.16 Å². The van der Waals surface area contributed by atoms with Gasteiger partial charge in [0.05, 0.1) is 7.11 Å². The number of methoxy groups -OCH3 is 1. The maximum Gasteiger partial charge on any atom is 0.519 e. The summed E-state index contributed by atoms with van der Waals surface area (Å²) >= 11 is 0. The maximum atomic E-state index is 11.5. The zero-order valence-electron chi connectivity index (χ0n) is 9.83. The van der Waals surface area contributed by atoms with Crippen LogP contribution in [0.1, 0.15) is 0 Å². The molecule has 2 aromatic carbocycles. The van der Waals surface area contributed by atoms with Gasteiger partial charge in [0.1, 0.15) is 17.2 Å². The molecule has 0 heterocycles. The van der Waals surface area contributed by atoms with E-state index in [0.29, 0.717) is 17.2 Å². The molecule has 0 aliphatic rings. The molecule has 4 heteroatoms. The van der Waals surface area contributed by atoms with Crippen LogP contribution in [0, 0.1) is 0 Å². The zero-order chi connectivity index (χ0) is 12.8. The predicted molar refractivity (Wildman–Crippen MR) is 66.1 cm³/mol. The molecule has 0 bridgehead atoms. The lowest BCUT2D eigenvalue weighted by atomic mass is 10.3. The standard InChI is InChI=1S/C14H12O4/c1-16-12-8-5-9-13(10-12)18-14(15)17-11-6-3-2-4-7-11/h2-10H,1H3. The summed E-state index contributed by atoms with van der Waals surface area (Å²) < 4.78 is 15.0. The lowest BCUT2D eigenvalue weighted by molar-refractivity contribution is 0.152. The molecule has 0 aliphatic carbocycles. The molecule has 0 N–H and O–H groups in total. The van der Waals surface area contributed by atoms with Gasteiger partial charge in [-0.25, -0.2) is 4.79 Å². The van der Waals surface area contributed by atoms with Gasteiger partial charge in [-0.15, -0.1) is 0 Å². The van der Waals surface area contributed by atoms with E-state index in [1.165, 1.54) is 0 Å². The third-order valence-corrected chi connectivity index (χ3v) is 2.19. The number of carbonyl (C=O) groups is 1. The van der Waals surface area contributed by atoms with E-state index >= 15 is 0 Å². The quantitative estimate of drug-likeness (QED) is 0.614. The maximum absolute atomic E-state index is 11.5. The van der Waals surface area contributed by atoms with Crippen LogP contribution in [-0.2, 0) is 0 Å². The SMILES string of the molecule is COc1cccc(OC(=O)Oc2ccccc2)c1. The average molecular weight is 244 g/mol. The van der Waals surface area contributed by atoms with Gasteiger partial charge in [0.15, 0.2) is 0 Å². The van der Waals surface area contributed by atoms with E-state index in [0.717, 1.165) is 0 Å². The van der Waals surface area contributed by atoms with Crippen molar-refractivity contribution in [3.63, 3.8) is 0 Å². The lowest BCUT2D eigenvalue weighted by Gasteiger charge is -2.06. The third-order valence-electron chi connectivity index (χ3n) is 2.19. The Bertz CT molecular complexity index is 522. The van der Waals surface area contributed by atoms with E-state index in [9.17, 15) is 4.79 Å². The Morgan fingerprint density at radius 2 is 1.44 bits per heavy atom. The summed E-state index contributed by atoms with van der Waals surface area (Å²) in [6.45, 7) is 0. The minimum absolute atomic E-state index is 0.371. The number of rotatable bonds is 3. The van der Waals surface area contributed by atoms with Crippen LogP contribution in [0.15, 0.2) is 54.6 Å². The average Bonchev–Trinajstić information content (AvgIpc) is 2.40. The fraction of sp³-hybridized carbons (Fsp3) is 0.0714. The second-order valence-corrected chi connectivity index (χ2v) is 3.45. The molecule has 92 valence electrons. The van der Waals surface area contributed by atoms with E-state index in [-0.39, 0.29) is 0 Å². The van der Waals surface area contributed by atoms with Gasteiger partial charge in [0.25, 0.3) is 0 Å². The molecule has 0 fully saturated rings. The molecule has 4 nitrogen and oxygen atoms in total. The van der Waals surface area contributed by atoms with Crippen LogP contribution >= 0.6 is 0 Å². The van der Waals surface area contributed by atoms with Gasteiger partial charge in [-0.05, 0) is 24.3 Å². The molecular weight excluding hydrogens is 232 g/mol. The fourth-order valence-electron chi connectivity index (χ4n) is 1.37. The Morgan fingerprint density at radius 1 is 0.833 bits per heavy atom. The van der Waals surface area contributed by atoms with E-state index in [2.05, 4.69) is 0 Å². The van der Waals surface area contributed by atoms with Crippen molar-refractivity contribution in [3.8, 4) is 17.2 Å². The van der Waals surface area contributed by atoms with Crippen molar-refractivity contribution in [2.24, 2.45) is 0 Å². The predicted octanol–water partition coefficient (Wildman–Crippen LogP) is 3.27. The van der Waals surface area contributed by atoms with Crippen molar-refractivity contribution < 1.29 is 19.0 Å². The first kappa shape index (κ1) is 12.0. The topological polar surface area (TPSA) is 44.8 Å². The van der Waals surface area contributed by atoms with Gasteiger partial charge in [0.2, 0.25) is 0 Å². The minimum Gasteiger partial charge on any atom is -0.497 e. The monoisotopic (exact) mass is 244 g/mol. The van der Waals surface area contributed by atoms with Crippen LogP contribution in [0.3, 0.4) is 0 Å². The van der Waals surface area contributed by atoms with Crippen LogP contribution in [0.5, 0.6) is 17.2 Å². The number of benzene rings is 2. The number of hydrogen-bond acceptors (Lipinski definition) is 4. The molecular formula is C14H12O4. The zero-order valence-corrected chi connectivity index (χ0v) is 9.83. The van der Waals surface area contributed by atoms with Gasteiger partial charge < -0.3 is 14.2 Å². The summed E-state index contributed by atoms with van der Waals surface area (Å²) in [5, 5.41) is 0. The molecule has 0 aliphatic heterocycles. The highest BCUT2D eigenvalue weighted by molar-refractivity contribution is 5.67. The van der Waals surface area contributed by atoms with Crippen molar-refractivity contribution in [3.05, 3.63) is 54.6 Å². The van der Waals surface area contributed by atoms with Gasteiger partial charge >= 0.3 is 6.16 Å². The summed E-state index contributed by atoms with van der Waals surface area (Å²) in [4.78, 5) is 11.5. The number of carbonyl (C=O) groups excluding carboxylic acids is 1. The molecule has 0 aromatic heterocycles. The minimum atomic E-state index is -0.783. The lowest BCUT2D eigenvalue weighted by Crippen LogP contribution is -2.13. The molecule has 0 spiro atoms. The molecule has 0 radical (unpaired) electrons. The molecule has 18 heavy (non-hydrogen) atoms. The van der Waals surface area contributed by atoms with Crippen molar-refractivity contribution in [2.45, 2.75) is 0 Å². The first-order chi connectivity index (χ1) is 8.78. The molecule has 0 unspecified atom stereocenters. The number of para-hydroxylation sites is 1. The van der Waals surface area contributed by atoms with Crippen molar-refractivity contribution >= 4 is 6.16 Å².